The molecule has 3 heteroatoms. The lowest BCUT2D eigenvalue weighted by molar-refractivity contribution is 0.471. The number of hydrogen-bond acceptors (Lipinski definition) is 1. The molecule has 1 rings (SSSR count). The van der Waals surface area contributed by atoms with Crippen LogP contribution < -0.4 is 5.32 Å². The van der Waals surface area contributed by atoms with E-state index in [-0.39, 0.29) is 0 Å². The SMILES string of the molecule is CNC(=S)N(C)CC1CC1. The van der Waals surface area contributed by atoms with E-state index < -0.39 is 0 Å². The summed E-state index contributed by atoms with van der Waals surface area (Å²) >= 11 is 5.04. The summed E-state index contributed by atoms with van der Waals surface area (Å²) in [5.41, 5.74) is 0. The molecule has 0 unspecified atom stereocenters. The lowest BCUT2D eigenvalue weighted by Crippen LogP contribution is -2.35. The van der Waals surface area contributed by atoms with Crippen molar-refractivity contribution in [3.8, 4) is 0 Å². The van der Waals surface area contributed by atoms with E-state index in [2.05, 4.69) is 10.2 Å². The molecule has 0 bridgehead atoms. The van der Waals surface area contributed by atoms with E-state index in [9.17, 15) is 0 Å². The number of rotatable bonds is 2. The summed E-state index contributed by atoms with van der Waals surface area (Å²) in [7, 11) is 3.91. The summed E-state index contributed by atoms with van der Waals surface area (Å²) in [5, 5.41) is 3.81. The van der Waals surface area contributed by atoms with Crippen molar-refractivity contribution < 1.29 is 0 Å². The fourth-order valence-electron chi connectivity index (χ4n) is 0.961. The third-order valence-corrected chi connectivity index (χ3v) is 2.31. The molecule has 1 aliphatic rings. The minimum atomic E-state index is 0.854. The standard InChI is InChI=1S/C7H14N2S/c1-8-7(10)9(2)5-6-3-4-6/h6H,3-5H2,1-2H3,(H,8,10). The van der Waals surface area contributed by atoms with Crippen molar-refractivity contribution in [1.29, 1.82) is 0 Å². The van der Waals surface area contributed by atoms with Gasteiger partial charge in [0.2, 0.25) is 0 Å². The van der Waals surface area contributed by atoms with Crippen molar-refractivity contribution in [2.75, 3.05) is 20.6 Å². The molecule has 1 fully saturated rings. The summed E-state index contributed by atoms with van der Waals surface area (Å²) < 4.78 is 0. The highest BCUT2D eigenvalue weighted by Crippen LogP contribution is 2.29. The van der Waals surface area contributed by atoms with Crippen molar-refractivity contribution in [3.05, 3.63) is 0 Å². The van der Waals surface area contributed by atoms with Crippen LogP contribution in [0.2, 0.25) is 0 Å². The van der Waals surface area contributed by atoms with Gasteiger partial charge in [0.15, 0.2) is 5.11 Å². The topological polar surface area (TPSA) is 15.3 Å². The number of nitrogens with zero attached hydrogens (tertiary/aromatic N) is 1. The van der Waals surface area contributed by atoms with Gasteiger partial charge >= 0.3 is 0 Å². The lowest BCUT2D eigenvalue weighted by atomic mass is 10.4. The second-order valence-corrected chi connectivity index (χ2v) is 3.27. The maximum atomic E-state index is 5.04. The van der Waals surface area contributed by atoms with Crippen LogP contribution in [0.1, 0.15) is 12.8 Å². The normalized spacial score (nSPS) is 16.6. The van der Waals surface area contributed by atoms with E-state index in [0.29, 0.717) is 0 Å². The summed E-state index contributed by atoms with van der Waals surface area (Å²) in [6.07, 6.45) is 2.77. The minimum absolute atomic E-state index is 0.854. The summed E-state index contributed by atoms with van der Waals surface area (Å²) in [4.78, 5) is 2.10. The molecule has 0 heterocycles. The highest BCUT2D eigenvalue weighted by atomic mass is 32.1. The van der Waals surface area contributed by atoms with Gasteiger partial charge in [-0.25, -0.2) is 0 Å². The van der Waals surface area contributed by atoms with Crippen molar-refractivity contribution in [2.45, 2.75) is 12.8 Å². The van der Waals surface area contributed by atoms with Gasteiger partial charge in [0, 0.05) is 20.6 Å². The minimum Gasteiger partial charge on any atom is -0.366 e. The summed E-state index contributed by atoms with van der Waals surface area (Å²) in [5.74, 6) is 0.913. The molecule has 0 saturated heterocycles. The number of hydrogen-bond donors (Lipinski definition) is 1. The molecule has 0 aromatic rings. The molecule has 0 aromatic heterocycles. The van der Waals surface area contributed by atoms with Gasteiger partial charge in [-0.1, -0.05) is 0 Å². The van der Waals surface area contributed by atoms with Gasteiger partial charge in [0.05, 0.1) is 0 Å². The Balaban J connectivity index is 2.18. The summed E-state index contributed by atoms with van der Waals surface area (Å²) in [6.45, 7) is 1.12. The van der Waals surface area contributed by atoms with Crippen LogP contribution in [0, 0.1) is 5.92 Å². The molecule has 1 saturated carbocycles. The Morgan fingerprint density at radius 1 is 1.70 bits per heavy atom. The molecule has 0 aliphatic heterocycles. The van der Waals surface area contributed by atoms with Gasteiger partial charge in [0.25, 0.3) is 0 Å². The third kappa shape index (κ3) is 2.14. The Hall–Kier alpha value is -0.310. The number of thiocarbonyl (C=S) groups is 1. The molecule has 2 nitrogen and oxygen atoms in total. The van der Waals surface area contributed by atoms with Crippen molar-refractivity contribution in [2.24, 2.45) is 5.92 Å². The van der Waals surface area contributed by atoms with Crippen LogP contribution in [0.4, 0.5) is 0 Å². The monoisotopic (exact) mass is 158 g/mol. The predicted molar refractivity (Wildman–Crippen MR) is 47.0 cm³/mol. The molecule has 10 heavy (non-hydrogen) atoms. The Bertz CT molecular complexity index is 132. The van der Waals surface area contributed by atoms with Crippen LogP contribution in [0.3, 0.4) is 0 Å². The first-order valence-electron chi connectivity index (χ1n) is 3.67. The molecule has 1 N–H and O–H groups in total. The van der Waals surface area contributed by atoms with Gasteiger partial charge in [0.1, 0.15) is 0 Å². The van der Waals surface area contributed by atoms with Crippen LogP contribution in [-0.2, 0) is 0 Å². The Morgan fingerprint density at radius 2 is 2.30 bits per heavy atom. The second-order valence-electron chi connectivity index (χ2n) is 2.88. The van der Waals surface area contributed by atoms with Gasteiger partial charge < -0.3 is 10.2 Å². The van der Waals surface area contributed by atoms with E-state index in [4.69, 9.17) is 12.2 Å². The summed E-state index contributed by atoms with van der Waals surface area (Å²) in [6, 6.07) is 0. The maximum absolute atomic E-state index is 5.04. The highest BCUT2D eigenvalue weighted by molar-refractivity contribution is 7.80. The average molecular weight is 158 g/mol. The van der Waals surface area contributed by atoms with Crippen LogP contribution in [-0.4, -0.2) is 30.7 Å². The predicted octanol–water partition coefficient (Wildman–Crippen LogP) is 0.833. The molecule has 0 atom stereocenters. The zero-order valence-electron chi connectivity index (χ0n) is 6.55. The first-order valence-corrected chi connectivity index (χ1v) is 4.07. The van der Waals surface area contributed by atoms with Crippen LogP contribution >= 0.6 is 12.2 Å². The van der Waals surface area contributed by atoms with E-state index in [1.54, 1.807) is 0 Å². The molecule has 58 valence electrons. The lowest BCUT2D eigenvalue weighted by Gasteiger charge is -2.18. The first kappa shape index (κ1) is 7.79. The van der Waals surface area contributed by atoms with Crippen molar-refractivity contribution in [3.63, 3.8) is 0 Å². The van der Waals surface area contributed by atoms with Gasteiger partial charge in [-0.05, 0) is 31.0 Å². The first-order chi connectivity index (χ1) is 4.74. The molecule has 0 amide bonds. The maximum Gasteiger partial charge on any atom is 0.168 e. The quantitative estimate of drug-likeness (QED) is 0.599. The Morgan fingerprint density at radius 3 is 2.70 bits per heavy atom. The zero-order valence-corrected chi connectivity index (χ0v) is 7.37. The fourth-order valence-corrected chi connectivity index (χ4v) is 1.04. The molecule has 1 aliphatic carbocycles. The van der Waals surface area contributed by atoms with E-state index in [1.807, 2.05) is 14.1 Å². The molecule has 0 aromatic carbocycles. The smallest absolute Gasteiger partial charge is 0.168 e. The van der Waals surface area contributed by atoms with Gasteiger partial charge in [-0.15, -0.1) is 0 Å². The van der Waals surface area contributed by atoms with Gasteiger partial charge in [-0.2, -0.15) is 0 Å². The molecule has 0 spiro atoms. The fraction of sp³-hybridized carbons (Fsp3) is 0.857. The van der Waals surface area contributed by atoms with Crippen molar-refractivity contribution in [1.82, 2.24) is 10.2 Å². The van der Waals surface area contributed by atoms with E-state index in [1.165, 1.54) is 12.8 Å². The molecule has 0 radical (unpaired) electrons. The van der Waals surface area contributed by atoms with Crippen LogP contribution in [0.25, 0.3) is 0 Å². The average Bonchev–Trinajstić information content (AvgIpc) is 2.70. The Kier molecular flexibility index (Phi) is 2.49. The largest absolute Gasteiger partial charge is 0.366 e. The van der Waals surface area contributed by atoms with Crippen LogP contribution in [0.5, 0.6) is 0 Å². The van der Waals surface area contributed by atoms with Crippen LogP contribution in [0.15, 0.2) is 0 Å². The molecular weight excluding hydrogens is 144 g/mol. The zero-order chi connectivity index (χ0) is 7.56. The van der Waals surface area contributed by atoms with Crippen molar-refractivity contribution >= 4 is 17.3 Å². The molecular formula is C7H14N2S. The van der Waals surface area contributed by atoms with E-state index in [0.717, 1.165) is 17.6 Å². The Labute approximate surface area is 67.6 Å². The third-order valence-electron chi connectivity index (χ3n) is 1.79. The van der Waals surface area contributed by atoms with E-state index >= 15 is 0 Å². The van der Waals surface area contributed by atoms with Gasteiger partial charge in [-0.3, -0.25) is 0 Å². The highest BCUT2D eigenvalue weighted by Gasteiger charge is 2.23. The second kappa shape index (κ2) is 3.19. The number of nitrogens with one attached hydrogen (secondary N) is 1.